The fraction of sp³-hybridized carbons (Fsp3) is 0.276. The van der Waals surface area contributed by atoms with Crippen molar-refractivity contribution in [1.82, 2.24) is 14.9 Å². The second-order valence-corrected chi connectivity index (χ2v) is 9.56. The van der Waals surface area contributed by atoms with E-state index in [4.69, 9.17) is 4.98 Å². The molecule has 1 aliphatic carbocycles. The summed E-state index contributed by atoms with van der Waals surface area (Å²) in [6.45, 7) is 0.0993. The number of hydrogen-bond acceptors (Lipinski definition) is 3. The van der Waals surface area contributed by atoms with Crippen LogP contribution in [0.25, 0.3) is 22.4 Å². The Bertz CT molecular complexity index is 1470. The largest absolute Gasteiger partial charge is 0.478 e. The number of carboxylic acid groups (broad SMARTS) is 1. The molecule has 0 radical (unpaired) electrons. The highest BCUT2D eigenvalue weighted by molar-refractivity contribution is 5.95. The summed E-state index contributed by atoms with van der Waals surface area (Å²) in [7, 11) is 0. The lowest BCUT2D eigenvalue weighted by molar-refractivity contribution is -0.137. The molecule has 5 rings (SSSR count). The topological polar surface area (TPSA) is 84.2 Å². The van der Waals surface area contributed by atoms with Crippen molar-refractivity contribution in [2.45, 2.75) is 50.9 Å². The molecule has 2 N–H and O–H groups in total. The lowest BCUT2D eigenvalue weighted by Gasteiger charge is -2.25. The van der Waals surface area contributed by atoms with Crippen LogP contribution in [0.5, 0.6) is 0 Å². The maximum atomic E-state index is 12.8. The zero-order valence-corrected chi connectivity index (χ0v) is 20.5. The second-order valence-electron chi connectivity index (χ2n) is 9.56. The van der Waals surface area contributed by atoms with Crippen molar-refractivity contribution in [3.63, 3.8) is 0 Å². The van der Waals surface area contributed by atoms with E-state index in [9.17, 15) is 27.9 Å². The van der Waals surface area contributed by atoms with Gasteiger partial charge in [-0.1, -0.05) is 43.5 Å². The van der Waals surface area contributed by atoms with Gasteiger partial charge in [-0.05, 0) is 60.9 Å². The molecule has 3 aromatic carbocycles. The Morgan fingerprint density at radius 3 is 2.21 bits per heavy atom. The molecule has 1 saturated carbocycles. The van der Waals surface area contributed by atoms with E-state index in [1.165, 1.54) is 18.6 Å². The van der Waals surface area contributed by atoms with Gasteiger partial charge >= 0.3 is 12.1 Å². The highest BCUT2D eigenvalue weighted by atomic mass is 19.4. The molecule has 0 unspecified atom stereocenters. The molecule has 0 bridgehead atoms. The second kappa shape index (κ2) is 10.3. The van der Waals surface area contributed by atoms with Crippen LogP contribution >= 0.6 is 0 Å². The monoisotopic (exact) mass is 521 g/mol. The Hall–Kier alpha value is -4.14. The van der Waals surface area contributed by atoms with E-state index >= 15 is 0 Å². The fourth-order valence-corrected chi connectivity index (χ4v) is 5.01. The van der Waals surface area contributed by atoms with E-state index < -0.39 is 17.7 Å². The number of nitrogens with zero attached hydrogens (tertiary/aromatic N) is 2. The molecule has 38 heavy (non-hydrogen) atoms. The summed E-state index contributed by atoms with van der Waals surface area (Å²) in [5.41, 5.74) is 2.72. The van der Waals surface area contributed by atoms with Gasteiger partial charge in [-0.25, -0.2) is 9.78 Å². The molecule has 1 heterocycles. The quantitative estimate of drug-likeness (QED) is 0.291. The first-order valence-corrected chi connectivity index (χ1v) is 12.5. The molecular weight excluding hydrogens is 495 g/mol. The predicted octanol–water partition coefficient (Wildman–Crippen LogP) is 6.86. The van der Waals surface area contributed by atoms with Crippen molar-refractivity contribution in [1.29, 1.82) is 0 Å². The molecule has 1 amide bonds. The fourth-order valence-electron chi connectivity index (χ4n) is 5.01. The normalized spacial score (nSPS) is 14.5. The molecule has 1 fully saturated rings. The number of alkyl halides is 3. The third-order valence-corrected chi connectivity index (χ3v) is 7.02. The number of aromatic carboxylic acids is 1. The highest BCUT2D eigenvalue weighted by Gasteiger charge is 2.30. The summed E-state index contributed by atoms with van der Waals surface area (Å²) < 4.78 is 40.4. The van der Waals surface area contributed by atoms with Crippen molar-refractivity contribution in [2.75, 3.05) is 0 Å². The molecule has 196 valence electrons. The van der Waals surface area contributed by atoms with Crippen molar-refractivity contribution in [3.05, 3.63) is 89.0 Å². The van der Waals surface area contributed by atoms with E-state index in [1.54, 1.807) is 24.3 Å². The van der Waals surface area contributed by atoms with Gasteiger partial charge in [0.05, 0.1) is 22.2 Å². The number of nitrogens with one attached hydrogen (secondary N) is 1. The molecule has 6 nitrogen and oxygen atoms in total. The molecule has 1 aliphatic rings. The Labute approximate surface area is 217 Å². The van der Waals surface area contributed by atoms with Gasteiger partial charge in [-0.3, -0.25) is 4.79 Å². The summed E-state index contributed by atoms with van der Waals surface area (Å²) in [5, 5.41) is 12.1. The summed E-state index contributed by atoms with van der Waals surface area (Å²) in [6, 6.07) is 16.9. The molecule has 0 atom stereocenters. The number of fused-ring (bicyclic) bond motifs is 1. The van der Waals surface area contributed by atoms with Crippen LogP contribution in [0.2, 0.25) is 0 Å². The smallest absolute Gasteiger partial charge is 0.416 e. The zero-order chi connectivity index (χ0) is 26.9. The molecule has 0 aliphatic heterocycles. The van der Waals surface area contributed by atoms with E-state index in [1.807, 2.05) is 18.2 Å². The van der Waals surface area contributed by atoms with Crippen LogP contribution in [-0.2, 0) is 12.7 Å². The van der Waals surface area contributed by atoms with Gasteiger partial charge in [-0.15, -0.1) is 0 Å². The average Bonchev–Trinajstić information content (AvgIpc) is 3.31. The Morgan fingerprint density at radius 2 is 1.58 bits per heavy atom. The van der Waals surface area contributed by atoms with E-state index in [2.05, 4.69) is 9.88 Å². The van der Waals surface area contributed by atoms with Gasteiger partial charge in [0.25, 0.3) is 5.91 Å². The van der Waals surface area contributed by atoms with Gasteiger partial charge in [0.15, 0.2) is 0 Å². The van der Waals surface area contributed by atoms with Gasteiger partial charge in [0.2, 0.25) is 0 Å². The summed E-state index contributed by atoms with van der Waals surface area (Å²) >= 11 is 0. The van der Waals surface area contributed by atoms with Crippen molar-refractivity contribution in [2.24, 2.45) is 0 Å². The number of carbonyl (C=O) groups excluding carboxylic acids is 1. The first-order valence-electron chi connectivity index (χ1n) is 12.5. The van der Waals surface area contributed by atoms with E-state index in [0.29, 0.717) is 16.6 Å². The van der Waals surface area contributed by atoms with Gasteiger partial charge in [0, 0.05) is 23.7 Å². The van der Waals surface area contributed by atoms with Crippen LogP contribution in [0, 0.1) is 0 Å². The van der Waals surface area contributed by atoms with Gasteiger partial charge in [0.1, 0.15) is 5.82 Å². The number of halogens is 3. The molecule has 1 aromatic heterocycles. The van der Waals surface area contributed by atoms with Crippen molar-refractivity contribution >= 4 is 22.9 Å². The highest BCUT2D eigenvalue weighted by Crippen LogP contribution is 2.36. The van der Waals surface area contributed by atoms with Crippen LogP contribution in [0.3, 0.4) is 0 Å². The number of imidazole rings is 1. The Balaban J connectivity index is 1.37. The maximum Gasteiger partial charge on any atom is 0.416 e. The zero-order valence-electron chi connectivity index (χ0n) is 20.5. The summed E-state index contributed by atoms with van der Waals surface area (Å²) in [6.07, 6.45) is 1.06. The standard InChI is InChI=1S/C29H26F3N3O3/c30-29(31,32)22-13-6-18(7-14-22)17-33-27(36)20-10-8-19(9-11-20)26-34-24-16-21(28(37)38)12-15-25(24)35(26)23-4-2-1-3-5-23/h6-16,23H,1-5,17H2,(H,33,36)(H,37,38). The minimum Gasteiger partial charge on any atom is -0.478 e. The lowest BCUT2D eigenvalue weighted by Crippen LogP contribution is -2.22. The van der Waals surface area contributed by atoms with Crippen LogP contribution in [0.1, 0.15) is 70.0 Å². The first kappa shape index (κ1) is 25.5. The third-order valence-electron chi connectivity index (χ3n) is 7.02. The Morgan fingerprint density at radius 1 is 0.921 bits per heavy atom. The molecule has 4 aromatic rings. The first-order chi connectivity index (χ1) is 18.2. The van der Waals surface area contributed by atoms with Gasteiger partial charge < -0.3 is 15.0 Å². The number of carbonyl (C=O) groups is 2. The lowest BCUT2D eigenvalue weighted by atomic mass is 9.94. The van der Waals surface area contributed by atoms with Gasteiger partial charge in [-0.2, -0.15) is 13.2 Å². The molecule has 0 spiro atoms. The van der Waals surface area contributed by atoms with Crippen molar-refractivity contribution < 1.29 is 27.9 Å². The number of amides is 1. The maximum absolute atomic E-state index is 12.8. The van der Waals surface area contributed by atoms with Crippen molar-refractivity contribution in [3.8, 4) is 11.4 Å². The summed E-state index contributed by atoms with van der Waals surface area (Å²) in [4.78, 5) is 29.0. The molecule has 9 heteroatoms. The number of rotatable bonds is 6. The van der Waals surface area contributed by atoms with E-state index in [0.717, 1.165) is 54.7 Å². The molecule has 0 saturated heterocycles. The third kappa shape index (κ3) is 5.27. The summed E-state index contributed by atoms with van der Waals surface area (Å²) in [5.74, 6) is -0.623. The average molecular weight is 522 g/mol. The minimum atomic E-state index is -4.40. The van der Waals surface area contributed by atoms with Crippen LogP contribution in [0.4, 0.5) is 13.2 Å². The molecular formula is C29H26F3N3O3. The number of hydrogen-bond donors (Lipinski definition) is 2. The number of benzene rings is 3. The predicted molar refractivity (Wildman–Crippen MR) is 137 cm³/mol. The number of aromatic nitrogens is 2. The minimum absolute atomic E-state index is 0.0993. The van der Waals surface area contributed by atoms with Crippen LogP contribution < -0.4 is 5.32 Å². The number of carboxylic acids is 1. The van der Waals surface area contributed by atoms with E-state index in [-0.39, 0.29) is 24.1 Å². The van der Waals surface area contributed by atoms with Crippen LogP contribution in [-0.4, -0.2) is 26.5 Å². The van der Waals surface area contributed by atoms with Crippen LogP contribution in [0.15, 0.2) is 66.7 Å². The Kier molecular flexibility index (Phi) is 6.93. The SMILES string of the molecule is O=C(O)c1ccc2c(c1)nc(-c1ccc(C(=O)NCc3ccc(C(F)(F)F)cc3)cc1)n2C1CCCCC1.